The lowest BCUT2D eigenvalue weighted by Crippen LogP contribution is -2.06. The number of esters is 1. The van der Waals surface area contributed by atoms with Crippen molar-refractivity contribution in [2.24, 2.45) is 0 Å². The summed E-state index contributed by atoms with van der Waals surface area (Å²) in [6.07, 6.45) is 10.6. The molecule has 2 aromatic heterocycles. The molecule has 0 radical (unpaired) electrons. The molecule has 5 nitrogen and oxygen atoms in total. The third kappa shape index (κ3) is 4.18. The fourth-order valence-corrected chi connectivity index (χ4v) is 3.18. The van der Waals surface area contributed by atoms with Crippen LogP contribution in [0.25, 0.3) is 11.6 Å². The molecule has 0 aliphatic rings. The third-order valence-corrected chi connectivity index (χ3v) is 4.42. The minimum Gasteiger partial charge on any atom is -0.461 e. The summed E-state index contributed by atoms with van der Waals surface area (Å²) < 4.78 is 5.01. The number of rotatable bonds is 6. The van der Waals surface area contributed by atoms with Crippen LogP contribution in [0.1, 0.15) is 45.9 Å². The fraction of sp³-hybridized carbons (Fsp3) is 0.150. The quantitative estimate of drug-likeness (QED) is 0.596. The number of carbonyl (C=O) groups is 1. The number of thiophene rings is 1. The molecule has 0 saturated carbocycles. The maximum absolute atomic E-state index is 12.0. The number of nitriles is 2. The Bertz CT molecular complexity index is 962. The van der Waals surface area contributed by atoms with Crippen molar-refractivity contribution in [3.63, 3.8) is 0 Å². The Morgan fingerprint density at radius 3 is 2.77 bits per heavy atom. The van der Waals surface area contributed by atoms with Crippen molar-refractivity contribution < 1.29 is 9.53 Å². The van der Waals surface area contributed by atoms with Crippen molar-refractivity contribution in [2.45, 2.75) is 13.8 Å². The van der Waals surface area contributed by atoms with Crippen LogP contribution in [0.3, 0.4) is 0 Å². The van der Waals surface area contributed by atoms with E-state index < -0.39 is 5.97 Å². The largest absolute Gasteiger partial charge is 0.461 e. The molecule has 0 amide bonds. The number of H-pyrrole nitrogens is 1. The molecule has 0 aliphatic heterocycles. The molecule has 0 saturated heterocycles. The summed E-state index contributed by atoms with van der Waals surface area (Å²) in [6, 6.07) is 6.01. The highest BCUT2D eigenvalue weighted by Gasteiger charge is 2.16. The van der Waals surface area contributed by atoms with Gasteiger partial charge < -0.3 is 9.72 Å². The van der Waals surface area contributed by atoms with E-state index >= 15 is 0 Å². The Morgan fingerprint density at radius 1 is 1.35 bits per heavy atom. The topological polar surface area (TPSA) is 89.7 Å². The van der Waals surface area contributed by atoms with Crippen LogP contribution < -0.4 is 0 Å². The molecule has 6 heteroatoms. The summed E-state index contributed by atoms with van der Waals surface area (Å²) in [5.41, 5.74) is 2.57. The van der Waals surface area contributed by atoms with E-state index in [9.17, 15) is 15.3 Å². The van der Waals surface area contributed by atoms with Crippen LogP contribution >= 0.6 is 11.3 Å². The number of carbonyl (C=O) groups excluding carboxylic acids is 1. The van der Waals surface area contributed by atoms with Crippen LogP contribution in [0.5, 0.6) is 0 Å². The molecular weight excluding hydrogens is 346 g/mol. The Labute approximate surface area is 156 Å². The van der Waals surface area contributed by atoms with E-state index in [1.54, 1.807) is 25.1 Å². The average Bonchev–Trinajstić information content (AvgIpc) is 3.27. The second kappa shape index (κ2) is 9.22. The van der Waals surface area contributed by atoms with E-state index in [4.69, 9.17) is 4.74 Å². The zero-order chi connectivity index (χ0) is 18.9. The van der Waals surface area contributed by atoms with Gasteiger partial charge in [-0.2, -0.15) is 10.5 Å². The van der Waals surface area contributed by atoms with Gasteiger partial charge in [0.1, 0.15) is 17.8 Å². The van der Waals surface area contributed by atoms with E-state index in [1.807, 2.05) is 30.5 Å². The molecule has 0 atom stereocenters. The maximum atomic E-state index is 12.0. The van der Waals surface area contributed by atoms with Crippen molar-refractivity contribution in [1.29, 1.82) is 10.5 Å². The van der Waals surface area contributed by atoms with Crippen LogP contribution in [0.15, 0.2) is 41.9 Å². The predicted molar refractivity (Wildman–Crippen MR) is 102 cm³/mol. The van der Waals surface area contributed by atoms with E-state index in [-0.39, 0.29) is 12.3 Å². The maximum Gasteiger partial charge on any atom is 0.355 e. The number of ether oxygens (including phenoxy) is 1. The lowest BCUT2D eigenvalue weighted by molar-refractivity contribution is 0.0520. The number of allylic oxidation sites excluding steroid dienone is 5. The third-order valence-electron chi connectivity index (χ3n) is 3.45. The molecule has 130 valence electrons. The summed E-state index contributed by atoms with van der Waals surface area (Å²) in [6.45, 7) is 3.88. The highest BCUT2D eigenvalue weighted by molar-refractivity contribution is 7.11. The fourth-order valence-electron chi connectivity index (χ4n) is 2.33. The van der Waals surface area contributed by atoms with Gasteiger partial charge >= 0.3 is 5.97 Å². The molecule has 0 bridgehead atoms. The van der Waals surface area contributed by atoms with Gasteiger partial charge in [-0.15, -0.1) is 11.3 Å². The number of aromatic amines is 1. The van der Waals surface area contributed by atoms with Crippen molar-refractivity contribution in [2.75, 3.05) is 6.61 Å². The molecule has 0 spiro atoms. The van der Waals surface area contributed by atoms with Crippen LogP contribution in [0.4, 0.5) is 0 Å². The van der Waals surface area contributed by atoms with Gasteiger partial charge in [0.25, 0.3) is 0 Å². The van der Waals surface area contributed by atoms with Crippen molar-refractivity contribution in [3.05, 3.63) is 69.2 Å². The Hall–Kier alpha value is -3.35. The molecule has 0 aliphatic carbocycles. The van der Waals surface area contributed by atoms with Crippen LogP contribution in [0.2, 0.25) is 0 Å². The van der Waals surface area contributed by atoms with Crippen molar-refractivity contribution >= 4 is 29.0 Å². The number of hydrogen-bond acceptors (Lipinski definition) is 5. The molecule has 2 aromatic rings. The van der Waals surface area contributed by atoms with Gasteiger partial charge in [-0.1, -0.05) is 30.4 Å². The number of nitrogens with one attached hydrogen (secondary N) is 1. The first-order valence-electron chi connectivity index (χ1n) is 7.93. The summed E-state index contributed by atoms with van der Waals surface area (Å²) in [5.74, 6) is -0.503. The van der Waals surface area contributed by atoms with Gasteiger partial charge in [-0.05, 0) is 30.9 Å². The van der Waals surface area contributed by atoms with E-state index in [0.29, 0.717) is 16.7 Å². The smallest absolute Gasteiger partial charge is 0.355 e. The summed E-state index contributed by atoms with van der Waals surface area (Å²) >= 11 is 1.48. The highest BCUT2D eigenvalue weighted by Crippen LogP contribution is 2.26. The van der Waals surface area contributed by atoms with Crippen LogP contribution in [0, 0.1) is 22.7 Å². The van der Waals surface area contributed by atoms with Crippen LogP contribution in [-0.2, 0) is 4.74 Å². The summed E-state index contributed by atoms with van der Waals surface area (Å²) in [5, 5.41) is 20.3. The predicted octanol–water partition coefficient (Wildman–Crippen LogP) is 4.67. The highest BCUT2D eigenvalue weighted by atomic mass is 32.1. The standard InChI is InChI=1S/C20H17N3O2S/c1-3-6-14(19-15(11-21)9-10-26-19)7-5-8-17-16(12-22)13-23-18(17)20(24)25-4-2/h3,5-10,13,23H,4H2,1-2H3/b6-3-,8-5+,14-7+. The SMILES string of the molecule is C\C=C/C(=C\C=C\c1c(C#N)c[nH]c1C(=O)OCC)c1sccc1C#N. The minimum absolute atomic E-state index is 0.245. The van der Waals surface area contributed by atoms with Gasteiger partial charge in [-0.25, -0.2) is 4.79 Å². The number of hydrogen-bond donors (Lipinski definition) is 1. The molecule has 26 heavy (non-hydrogen) atoms. The first-order chi connectivity index (χ1) is 12.7. The molecule has 0 aromatic carbocycles. The summed E-state index contributed by atoms with van der Waals surface area (Å²) in [4.78, 5) is 15.7. The van der Waals surface area contributed by atoms with Gasteiger partial charge in [0.2, 0.25) is 0 Å². The van der Waals surface area contributed by atoms with Gasteiger partial charge in [0, 0.05) is 11.8 Å². The Balaban J connectivity index is 2.41. The number of nitrogens with zero attached hydrogens (tertiary/aromatic N) is 2. The van der Waals surface area contributed by atoms with Crippen molar-refractivity contribution in [1.82, 2.24) is 4.98 Å². The van der Waals surface area contributed by atoms with E-state index in [2.05, 4.69) is 17.1 Å². The summed E-state index contributed by atoms with van der Waals surface area (Å²) in [7, 11) is 0. The average molecular weight is 363 g/mol. The Morgan fingerprint density at radius 2 is 2.12 bits per heavy atom. The minimum atomic E-state index is -0.503. The second-order valence-electron chi connectivity index (χ2n) is 5.08. The molecule has 0 unspecified atom stereocenters. The molecular formula is C20H17N3O2S. The van der Waals surface area contributed by atoms with Gasteiger partial charge in [0.15, 0.2) is 0 Å². The lowest BCUT2D eigenvalue weighted by Gasteiger charge is -2.01. The van der Waals surface area contributed by atoms with Gasteiger partial charge in [-0.3, -0.25) is 0 Å². The molecule has 2 heterocycles. The zero-order valence-corrected chi connectivity index (χ0v) is 15.3. The van der Waals surface area contributed by atoms with Crippen molar-refractivity contribution in [3.8, 4) is 12.1 Å². The Kier molecular flexibility index (Phi) is 6.73. The molecule has 1 N–H and O–H groups in total. The molecule has 0 fully saturated rings. The van der Waals surface area contributed by atoms with Crippen LogP contribution in [-0.4, -0.2) is 17.6 Å². The first kappa shape index (κ1) is 19.0. The molecule has 2 rings (SSSR count). The lowest BCUT2D eigenvalue weighted by atomic mass is 10.1. The first-order valence-corrected chi connectivity index (χ1v) is 8.81. The van der Waals surface area contributed by atoms with E-state index in [1.165, 1.54) is 17.5 Å². The van der Waals surface area contributed by atoms with Gasteiger partial charge in [0.05, 0.1) is 22.6 Å². The normalized spacial score (nSPS) is 11.6. The monoisotopic (exact) mass is 363 g/mol. The zero-order valence-electron chi connectivity index (χ0n) is 14.4. The second-order valence-corrected chi connectivity index (χ2v) is 6.00. The number of aromatic nitrogens is 1. The van der Waals surface area contributed by atoms with E-state index in [0.717, 1.165) is 10.5 Å².